The number of aromatic nitrogens is 3. The Bertz CT molecular complexity index is 947. The summed E-state index contributed by atoms with van der Waals surface area (Å²) < 4.78 is 6.75. The summed E-state index contributed by atoms with van der Waals surface area (Å²) in [6.07, 6.45) is 5.58. The van der Waals surface area contributed by atoms with Crippen molar-refractivity contribution in [3.63, 3.8) is 0 Å². The molecular weight excluding hydrogens is 362 g/mol. The molecule has 0 spiro atoms. The lowest BCUT2D eigenvalue weighted by atomic mass is 10.0. The average Bonchev–Trinajstić information content (AvgIpc) is 3.28. The monoisotopic (exact) mass is 383 g/mol. The van der Waals surface area contributed by atoms with Crippen molar-refractivity contribution in [2.75, 3.05) is 12.0 Å². The van der Waals surface area contributed by atoms with Crippen molar-refractivity contribution < 1.29 is 9.53 Å². The fourth-order valence-corrected chi connectivity index (χ4v) is 3.34. The first-order valence-electron chi connectivity index (χ1n) is 8.57. The van der Waals surface area contributed by atoms with E-state index in [1.54, 1.807) is 19.3 Å². The van der Waals surface area contributed by atoms with E-state index in [-0.39, 0.29) is 12.4 Å². The quantitative estimate of drug-likeness (QED) is 0.384. The number of hydrogen-bond donors (Lipinski definition) is 1. The van der Waals surface area contributed by atoms with Gasteiger partial charge in [-0.25, -0.2) is 9.67 Å². The molecule has 7 nitrogen and oxygen atoms in total. The van der Waals surface area contributed by atoms with Gasteiger partial charge in [0.25, 0.3) is 0 Å². The van der Waals surface area contributed by atoms with Crippen LogP contribution in [-0.4, -0.2) is 33.6 Å². The fraction of sp³-hybridized carbons (Fsp3) is 0.263. The van der Waals surface area contributed by atoms with Crippen molar-refractivity contribution in [3.8, 4) is 5.69 Å². The highest BCUT2D eigenvalue weighted by atomic mass is 32.1. The molecule has 1 N–H and O–H groups in total. The molecule has 3 rings (SSSR count). The van der Waals surface area contributed by atoms with Gasteiger partial charge in [-0.2, -0.15) is 10.2 Å². The van der Waals surface area contributed by atoms with E-state index >= 15 is 0 Å². The second kappa shape index (κ2) is 8.59. The van der Waals surface area contributed by atoms with Gasteiger partial charge in [-0.05, 0) is 44.0 Å². The molecule has 0 bridgehead atoms. The highest BCUT2D eigenvalue weighted by Gasteiger charge is 2.09. The number of benzene rings is 1. The maximum atomic E-state index is 11.5. The summed E-state index contributed by atoms with van der Waals surface area (Å²) in [5.41, 5.74) is 7.79. The first-order valence-corrected chi connectivity index (χ1v) is 9.45. The van der Waals surface area contributed by atoms with Gasteiger partial charge in [0.1, 0.15) is 0 Å². The van der Waals surface area contributed by atoms with Gasteiger partial charge in [0, 0.05) is 23.3 Å². The van der Waals surface area contributed by atoms with Gasteiger partial charge in [0.05, 0.1) is 30.6 Å². The normalized spacial score (nSPS) is 11.1. The van der Waals surface area contributed by atoms with Gasteiger partial charge in [0.15, 0.2) is 0 Å². The Balaban J connectivity index is 1.74. The maximum absolute atomic E-state index is 11.5. The van der Waals surface area contributed by atoms with Crippen LogP contribution in [0.5, 0.6) is 0 Å². The molecule has 0 amide bonds. The second-order valence-electron chi connectivity index (χ2n) is 5.96. The van der Waals surface area contributed by atoms with Crippen LogP contribution >= 0.6 is 11.3 Å². The summed E-state index contributed by atoms with van der Waals surface area (Å²) in [5, 5.41) is 11.1. The molecule has 0 atom stereocenters. The molecule has 2 aromatic heterocycles. The van der Waals surface area contributed by atoms with Crippen LogP contribution in [0.1, 0.15) is 29.3 Å². The van der Waals surface area contributed by atoms with E-state index < -0.39 is 0 Å². The Kier molecular flexibility index (Phi) is 5.97. The van der Waals surface area contributed by atoms with Gasteiger partial charge < -0.3 is 4.74 Å². The number of carbonyl (C=O) groups is 1. The molecule has 0 saturated heterocycles. The second-order valence-corrected chi connectivity index (χ2v) is 6.82. The highest BCUT2D eigenvalue weighted by molar-refractivity contribution is 7.13. The number of hydrogen-bond acceptors (Lipinski definition) is 7. The minimum atomic E-state index is -0.281. The number of esters is 1. The van der Waals surface area contributed by atoms with Crippen molar-refractivity contribution >= 4 is 28.7 Å². The van der Waals surface area contributed by atoms with E-state index in [2.05, 4.69) is 39.7 Å². The number of aryl methyl sites for hydroxylation is 2. The van der Waals surface area contributed by atoms with Crippen LogP contribution in [0.25, 0.3) is 5.69 Å². The Hall–Kier alpha value is -3.00. The summed E-state index contributed by atoms with van der Waals surface area (Å²) >= 11 is 1.39. The van der Waals surface area contributed by atoms with Crippen molar-refractivity contribution in [1.82, 2.24) is 14.8 Å². The number of anilines is 1. The van der Waals surface area contributed by atoms with Gasteiger partial charge in [-0.1, -0.05) is 6.07 Å². The van der Waals surface area contributed by atoms with Crippen molar-refractivity contribution in [2.45, 2.75) is 27.2 Å². The Morgan fingerprint density at radius 3 is 3.00 bits per heavy atom. The van der Waals surface area contributed by atoms with Crippen LogP contribution in [0, 0.1) is 13.8 Å². The largest absolute Gasteiger partial charge is 0.466 e. The lowest BCUT2D eigenvalue weighted by molar-refractivity contribution is -0.142. The smallest absolute Gasteiger partial charge is 0.311 e. The van der Waals surface area contributed by atoms with E-state index in [0.717, 1.165) is 22.4 Å². The number of hydrazone groups is 1. The standard InChI is InChI=1S/C19H21N5O2S/c1-4-26-18(25)10-15-12-27-19(22-15)23-20-11-16-14(3)8-13(2)9-17(16)24-7-5-6-21-24/h5-9,11-12H,4,10H2,1-3H3,(H,22,23). The van der Waals surface area contributed by atoms with Gasteiger partial charge in [-0.15, -0.1) is 11.3 Å². The minimum Gasteiger partial charge on any atom is -0.466 e. The zero-order valence-corrected chi connectivity index (χ0v) is 16.3. The number of carbonyl (C=O) groups excluding carboxylic acids is 1. The Labute approximate surface area is 161 Å². The Morgan fingerprint density at radius 2 is 2.26 bits per heavy atom. The third-order valence-corrected chi connectivity index (χ3v) is 4.59. The van der Waals surface area contributed by atoms with Crippen LogP contribution in [0.3, 0.4) is 0 Å². The van der Waals surface area contributed by atoms with Crippen molar-refractivity contribution in [2.24, 2.45) is 5.10 Å². The van der Waals surface area contributed by atoms with Crippen LogP contribution < -0.4 is 5.43 Å². The lowest BCUT2D eigenvalue weighted by Gasteiger charge is -2.10. The van der Waals surface area contributed by atoms with Gasteiger partial charge in [-0.3, -0.25) is 10.2 Å². The summed E-state index contributed by atoms with van der Waals surface area (Å²) in [6, 6.07) is 6.06. The summed E-state index contributed by atoms with van der Waals surface area (Å²) in [4.78, 5) is 15.9. The molecule has 1 aromatic carbocycles. The number of rotatable bonds is 7. The minimum absolute atomic E-state index is 0.163. The van der Waals surface area contributed by atoms with Crippen LogP contribution in [0.2, 0.25) is 0 Å². The third-order valence-electron chi connectivity index (χ3n) is 3.80. The number of ether oxygens (including phenoxy) is 1. The van der Waals surface area contributed by atoms with Gasteiger partial charge >= 0.3 is 5.97 Å². The zero-order valence-electron chi connectivity index (χ0n) is 15.5. The van der Waals surface area contributed by atoms with Crippen LogP contribution in [0.15, 0.2) is 41.1 Å². The number of thiazole rings is 1. The molecule has 140 valence electrons. The van der Waals surface area contributed by atoms with E-state index in [1.165, 1.54) is 11.3 Å². The van der Waals surface area contributed by atoms with E-state index in [0.29, 0.717) is 17.4 Å². The topological polar surface area (TPSA) is 81.4 Å². The molecule has 8 heteroatoms. The molecule has 3 aromatic rings. The van der Waals surface area contributed by atoms with E-state index in [9.17, 15) is 4.79 Å². The van der Waals surface area contributed by atoms with Crippen LogP contribution in [0.4, 0.5) is 5.13 Å². The van der Waals surface area contributed by atoms with Crippen molar-refractivity contribution in [1.29, 1.82) is 0 Å². The van der Waals surface area contributed by atoms with Gasteiger partial charge in [0.2, 0.25) is 5.13 Å². The third kappa shape index (κ3) is 4.79. The molecule has 0 aliphatic rings. The SMILES string of the molecule is CCOC(=O)Cc1csc(NN=Cc2c(C)cc(C)cc2-n2cccn2)n1. The predicted octanol–water partition coefficient (Wildman–Crippen LogP) is 3.50. The highest BCUT2D eigenvalue weighted by Crippen LogP contribution is 2.20. The van der Waals surface area contributed by atoms with E-state index in [1.807, 2.05) is 29.2 Å². The zero-order chi connectivity index (χ0) is 19.2. The first-order chi connectivity index (χ1) is 13.1. The fourth-order valence-electron chi connectivity index (χ4n) is 2.68. The molecule has 0 saturated carbocycles. The molecule has 0 unspecified atom stereocenters. The number of nitrogens with zero attached hydrogens (tertiary/aromatic N) is 4. The van der Waals surface area contributed by atoms with Crippen LogP contribution in [-0.2, 0) is 16.0 Å². The summed E-state index contributed by atoms with van der Waals surface area (Å²) in [5.74, 6) is -0.281. The summed E-state index contributed by atoms with van der Waals surface area (Å²) in [7, 11) is 0. The number of nitrogens with one attached hydrogen (secondary N) is 1. The van der Waals surface area contributed by atoms with Crippen molar-refractivity contribution in [3.05, 3.63) is 58.4 Å². The molecule has 0 aliphatic carbocycles. The first kappa shape index (κ1) is 18.8. The Morgan fingerprint density at radius 1 is 1.41 bits per heavy atom. The lowest BCUT2D eigenvalue weighted by Crippen LogP contribution is -2.07. The van der Waals surface area contributed by atoms with E-state index in [4.69, 9.17) is 4.74 Å². The predicted molar refractivity (Wildman–Crippen MR) is 107 cm³/mol. The molecule has 0 radical (unpaired) electrons. The molecule has 27 heavy (non-hydrogen) atoms. The summed E-state index contributed by atoms with van der Waals surface area (Å²) in [6.45, 7) is 6.25. The average molecular weight is 383 g/mol. The molecule has 2 heterocycles. The maximum Gasteiger partial charge on any atom is 0.311 e. The molecule has 0 fully saturated rings. The molecular formula is C19H21N5O2S. The molecule has 0 aliphatic heterocycles.